The smallest absolute Gasteiger partial charge is 0.337 e. The molecule has 1 aliphatic carbocycles. The molecule has 0 spiro atoms. The van der Waals surface area contributed by atoms with E-state index < -0.39 is 0 Å². The molecule has 2 rings (SSSR count). The maximum atomic E-state index is 11.5. The minimum absolute atomic E-state index is 0.295. The summed E-state index contributed by atoms with van der Waals surface area (Å²) >= 11 is 0. The Hall–Kier alpha value is -1.83. The Morgan fingerprint density at radius 3 is 2.88 bits per heavy atom. The summed E-state index contributed by atoms with van der Waals surface area (Å²) < 4.78 is 4.73. The van der Waals surface area contributed by atoms with Crippen molar-refractivity contribution in [1.29, 1.82) is 0 Å². The number of carbonyl (C=O) groups excluding carboxylic acids is 1. The molecule has 2 heteroatoms. The van der Waals surface area contributed by atoms with Crippen LogP contribution in [0.3, 0.4) is 0 Å². The number of carbonyl (C=O) groups is 1. The molecule has 0 bridgehead atoms. The summed E-state index contributed by atoms with van der Waals surface area (Å²) in [4.78, 5) is 11.5. The lowest BCUT2D eigenvalue weighted by atomic mass is 10.0. The second-order valence-corrected chi connectivity index (χ2v) is 4.36. The van der Waals surface area contributed by atoms with Gasteiger partial charge in [0.15, 0.2) is 0 Å². The molecule has 0 fully saturated rings. The summed E-state index contributed by atoms with van der Waals surface area (Å²) in [5.41, 5.74) is 1.79. The average Bonchev–Trinajstić information content (AvgIpc) is 2.48. The standard InChI is InChI=1S/C15H16O2/c1-10-4-5-12-6-7-13(15(16)17-3)9-14(12)8-11(10)2/h5-9,11H,1,4H2,2-3H3. The van der Waals surface area contributed by atoms with Crippen molar-refractivity contribution in [2.24, 2.45) is 5.92 Å². The van der Waals surface area contributed by atoms with Gasteiger partial charge in [0.2, 0.25) is 0 Å². The van der Waals surface area contributed by atoms with Crippen molar-refractivity contribution >= 4 is 18.1 Å². The molecule has 0 saturated carbocycles. The Bertz CT molecular complexity index is 581. The van der Waals surface area contributed by atoms with Crippen LogP contribution in [0.4, 0.5) is 0 Å². The SMILES string of the molecule is C=C1CC=c2ccc(C(=O)OC)cc2=CC1C. The molecular weight excluding hydrogens is 212 g/mol. The third-order valence-electron chi connectivity index (χ3n) is 3.17. The quantitative estimate of drug-likeness (QED) is 0.539. The highest BCUT2D eigenvalue weighted by atomic mass is 16.5. The zero-order valence-electron chi connectivity index (χ0n) is 10.2. The summed E-state index contributed by atoms with van der Waals surface area (Å²) in [6.45, 7) is 6.18. The fourth-order valence-corrected chi connectivity index (χ4v) is 1.96. The Kier molecular flexibility index (Phi) is 3.14. The second-order valence-electron chi connectivity index (χ2n) is 4.36. The van der Waals surface area contributed by atoms with Crippen LogP contribution in [-0.2, 0) is 4.74 Å². The molecule has 1 atom stereocenters. The molecule has 0 saturated heterocycles. The van der Waals surface area contributed by atoms with Crippen LogP contribution < -0.4 is 10.4 Å². The summed E-state index contributed by atoms with van der Waals surface area (Å²) in [7, 11) is 1.40. The minimum Gasteiger partial charge on any atom is -0.465 e. The van der Waals surface area contributed by atoms with E-state index in [1.54, 1.807) is 6.07 Å². The van der Waals surface area contributed by atoms with Crippen molar-refractivity contribution < 1.29 is 9.53 Å². The first kappa shape index (κ1) is 11.6. The molecule has 0 aromatic heterocycles. The highest BCUT2D eigenvalue weighted by Gasteiger charge is 2.08. The van der Waals surface area contributed by atoms with E-state index >= 15 is 0 Å². The predicted octanol–water partition coefficient (Wildman–Crippen LogP) is 1.63. The number of hydrogen-bond acceptors (Lipinski definition) is 2. The van der Waals surface area contributed by atoms with Crippen LogP contribution in [0.25, 0.3) is 12.2 Å². The van der Waals surface area contributed by atoms with E-state index in [1.807, 2.05) is 12.1 Å². The normalized spacial score (nSPS) is 18.5. The van der Waals surface area contributed by atoms with Gasteiger partial charge in [0.05, 0.1) is 12.7 Å². The number of benzene rings is 1. The van der Waals surface area contributed by atoms with Gasteiger partial charge in [-0.2, -0.15) is 0 Å². The van der Waals surface area contributed by atoms with Crippen LogP contribution in [0, 0.1) is 5.92 Å². The lowest BCUT2D eigenvalue weighted by molar-refractivity contribution is 0.0600. The Morgan fingerprint density at radius 2 is 2.18 bits per heavy atom. The molecule has 0 heterocycles. The number of fused-ring (bicyclic) bond motifs is 1. The van der Waals surface area contributed by atoms with E-state index in [1.165, 1.54) is 12.7 Å². The van der Waals surface area contributed by atoms with Crippen LogP contribution in [0.2, 0.25) is 0 Å². The monoisotopic (exact) mass is 228 g/mol. The molecule has 1 aliphatic rings. The molecule has 2 nitrogen and oxygen atoms in total. The number of allylic oxidation sites excluding steroid dienone is 1. The Balaban J connectivity index is 2.60. The minimum atomic E-state index is -0.295. The molecule has 1 aromatic carbocycles. The summed E-state index contributed by atoms with van der Waals surface area (Å²) in [5, 5.41) is 2.24. The number of esters is 1. The maximum Gasteiger partial charge on any atom is 0.337 e. The number of hydrogen-bond donors (Lipinski definition) is 0. The van der Waals surface area contributed by atoms with Gasteiger partial charge in [-0.05, 0) is 34.9 Å². The van der Waals surface area contributed by atoms with Crippen molar-refractivity contribution in [3.8, 4) is 0 Å². The molecule has 0 amide bonds. The van der Waals surface area contributed by atoms with Crippen LogP contribution in [0.15, 0.2) is 30.4 Å². The van der Waals surface area contributed by atoms with Gasteiger partial charge in [0.25, 0.3) is 0 Å². The van der Waals surface area contributed by atoms with Crippen LogP contribution in [0.1, 0.15) is 23.7 Å². The third kappa shape index (κ3) is 2.31. The van der Waals surface area contributed by atoms with Gasteiger partial charge in [-0.25, -0.2) is 4.79 Å². The van der Waals surface area contributed by atoms with Gasteiger partial charge in [-0.15, -0.1) is 0 Å². The van der Waals surface area contributed by atoms with Gasteiger partial charge in [0, 0.05) is 0 Å². The van der Waals surface area contributed by atoms with E-state index in [-0.39, 0.29) is 5.97 Å². The number of methoxy groups -OCH3 is 1. The highest BCUT2D eigenvalue weighted by molar-refractivity contribution is 5.89. The third-order valence-corrected chi connectivity index (χ3v) is 3.17. The zero-order valence-corrected chi connectivity index (χ0v) is 10.2. The highest BCUT2D eigenvalue weighted by Crippen LogP contribution is 2.15. The summed E-state index contributed by atoms with van der Waals surface area (Å²) in [5.74, 6) is 0.0392. The molecule has 0 N–H and O–H groups in total. The van der Waals surface area contributed by atoms with Crippen LogP contribution in [-0.4, -0.2) is 13.1 Å². The van der Waals surface area contributed by atoms with Gasteiger partial charge >= 0.3 is 5.97 Å². The van der Waals surface area contributed by atoms with Crippen LogP contribution in [0.5, 0.6) is 0 Å². The Morgan fingerprint density at radius 1 is 1.41 bits per heavy atom. The molecule has 88 valence electrons. The maximum absolute atomic E-state index is 11.5. The number of rotatable bonds is 1. The van der Waals surface area contributed by atoms with Crippen LogP contribution >= 0.6 is 0 Å². The fourth-order valence-electron chi connectivity index (χ4n) is 1.96. The first-order valence-corrected chi connectivity index (χ1v) is 5.70. The van der Waals surface area contributed by atoms with Crippen molar-refractivity contribution in [3.63, 3.8) is 0 Å². The first-order chi connectivity index (χ1) is 8.11. The predicted molar refractivity (Wildman–Crippen MR) is 68.9 cm³/mol. The molecule has 1 unspecified atom stereocenters. The van der Waals surface area contributed by atoms with E-state index in [9.17, 15) is 4.79 Å². The molecule has 0 radical (unpaired) electrons. The second kappa shape index (κ2) is 4.58. The molecule has 0 aliphatic heterocycles. The van der Waals surface area contributed by atoms with E-state index in [0.29, 0.717) is 11.5 Å². The summed E-state index contributed by atoms with van der Waals surface area (Å²) in [6, 6.07) is 5.64. The topological polar surface area (TPSA) is 26.3 Å². The lowest BCUT2D eigenvalue weighted by Crippen LogP contribution is -2.25. The number of ether oxygens (including phenoxy) is 1. The van der Waals surface area contributed by atoms with Gasteiger partial charge in [0.1, 0.15) is 0 Å². The first-order valence-electron chi connectivity index (χ1n) is 5.70. The summed E-state index contributed by atoms with van der Waals surface area (Å²) in [6.07, 6.45) is 5.19. The zero-order chi connectivity index (χ0) is 12.4. The van der Waals surface area contributed by atoms with Gasteiger partial charge < -0.3 is 4.74 Å². The largest absolute Gasteiger partial charge is 0.465 e. The van der Waals surface area contributed by atoms with Crippen molar-refractivity contribution in [3.05, 3.63) is 46.4 Å². The van der Waals surface area contributed by atoms with E-state index in [0.717, 1.165) is 16.9 Å². The van der Waals surface area contributed by atoms with Crippen molar-refractivity contribution in [1.82, 2.24) is 0 Å². The van der Waals surface area contributed by atoms with Gasteiger partial charge in [-0.3, -0.25) is 0 Å². The van der Waals surface area contributed by atoms with Crippen molar-refractivity contribution in [2.45, 2.75) is 13.3 Å². The molecular formula is C15H16O2. The average molecular weight is 228 g/mol. The molecule has 17 heavy (non-hydrogen) atoms. The fraction of sp³-hybridized carbons (Fsp3) is 0.267. The van der Waals surface area contributed by atoms with E-state index in [4.69, 9.17) is 4.74 Å². The Labute approximate surface area is 101 Å². The van der Waals surface area contributed by atoms with Crippen molar-refractivity contribution in [2.75, 3.05) is 7.11 Å². The van der Waals surface area contributed by atoms with Gasteiger partial charge in [-0.1, -0.05) is 37.3 Å². The lowest BCUT2D eigenvalue weighted by Gasteiger charge is -2.05. The molecule has 1 aromatic rings. The van der Waals surface area contributed by atoms with E-state index in [2.05, 4.69) is 25.7 Å².